The smallest absolute Gasteiger partial charge is 0.416 e. The van der Waals surface area contributed by atoms with Crippen molar-refractivity contribution < 1.29 is 17.9 Å². The lowest BCUT2D eigenvalue weighted by Crippen LogP contribution is -2.17. The number of nitrogens with two attached hydrogens (primary N) is 1. The summed E-state index contributed by atoms with van der Waals surface area (Å²) >= 11 is 0. The minimum absolute atomic E-state index is 0.115. The van der Waals surface area contributed by atoms with E-state index in [1.807, 2.05) is 0 Å². The molecule has 4 rings (SSSR count). The summed E-state index contributed by atoms with van der Waals surface area (Å²) in [6, 6.07) is 6.10. The van der Waals surface area contributed by atoms with Crippen LogP contribution in [0.25, 0.3) is 5.57 Å². The number of nitrogens with zero attached hydrogens (tertiary/aromatic N) is 2. The predicted octanol–water partition coefficient (Wildman–Crippen LogP) is 4.61. The third-order valence-electron chi connectivity index (χ3n) is 5.00. The van der Waals surface area contributed by atoms with Crippen molar-refractivity contribution in [1.29, 1.82) is 5.41 Å². The van der Waals surface area contributed by atoms with Gasteiger partial charge in [-0.25, -0.2) is 4.98 Å². The first-order valence-electron chi connectivity index (χ1n) is 9.85. The first kappa shape index (κ1) is 21.4. The molecule has 0 saturated heterocycles. The van der Waals surface area contributed by atoms with E-state index in [-0.39, 0.29) is 17.7 Å². The zero-order valence-corrected chi connectivity index (χ0v) is 17.1. The molecular weight excluding hydrogens is 421 g/mol. The highest BCUT2D eigenvalue weighted by molar-refractivity contribution is 6.25. The van der Waals surface area contributed by atoms with Crippen LogP contribution in [0.15, 0.2) is 60.1 Å². The van der Waals surface area contributed by atoms with Gasteiger partial charge >= 0.3 is 6.18 Å². The zero-order valence-electron chi connectivity index (χ0n) is 17.1. The Kier molecular flexibility index (Phi) is 5.60. The van der Waals surface area contributed by atoms with E-state index < -0.39 is 11.7 Å². The fourth-order valence-corrected chi connectivity index (χ4v) is 3.24. The van der Waals surface area contributed by atoms with E-state index in [9.17, 15) is 13.2 Å². The molecule has 0 atom stereocenters. The molecule has 1 aliphatic carbocycles. The first-order valence-corrected chi connectivity index (χ1v) is 9.85. The largest absolute Gasteiger partial charge is 0.497 e. The number of allylic oxidation sites excluding steroid dienone is 3. The standard InChI is InChI=1S/C22H21F3N6O/c1-32-15-8-9-28-16(10-15)19(20(27)12-2-3-12)17-11-18(26)31-21(30-17)29-14-6-4-13(5-7-14)22(23,24)25/h4-12,27-28H,2-3H2,1H3,(H3,26,29,30,31)/b19-16-,27-20?. The van der Waals surface area contributed by atoms with Gasteiger partial charge in [0.2, 0.25) is 5.95 Å². The summed E-state index contributed by atoms with van der Waals surface area (Å²) in [6.45, 7) is 0. The van der Waals surface area contributed by atoms with Crippen molar-refractivity contribution in [2.75, 3.05) is 18.2 Å². The Labute approximate surface area is 182 Å². The summed E-state index contributed by atoms with van der Waals surface area (Å²) in [5.41, 5.74) is 7.68. The molecule has 1 fully saturated rings. The SMILES string of the molecule is COC1=C/C(=C(/C(=N)C2CC2)c2cc(N)nc(Nc3ccc(C(F)(F)F)cc3)n2)NC=C1. The number of ether oxygens (including phenoxy) is 1. The van der Waals surface area contributed by atoms with E-state index in [1.54, 1.807) is 31.5 Å². The van der Waals surface area contributed by atoms with Crippen LogP contribution in [-0.2, 0) is 10.9 Å². The van der Waals surface area contributed by atoms with E-state index in [2.05, 4.69) is 20.6 Å². The van der Waals surface area contributed by atoms with Gasteiger partial charge in [0.1, 0.15) is 11.6 Å². The van der Waals surface area contributed by atoms with Gasteiger partial charge in [-0.2, -0.15) is 18.2 Å². The van der Waals surface area contributed by atoms with Crippen LogP contribution in [0.2, 0.25) is 0 Å². The van der Waals surface area contributed by atoms with Crippen molar-refractivity contribution in [3.05, 3.63) is 71.4 Å². The topological polar surface area (TPSA) is 109 Å². The van der Waals surface area contributed by atoms with E-state index in [4.69, 9.17) is 15.9 Å². The number of benzene rings is 1. The van der Waals surface area contributed by atoms with Crippen molar-refractivity contribution in [2.45, 2.75) is 19.0 Å². The lowest BCUT2D eigenvalue weighted by molar-refractivity contribution is -0.137. The third-order valence-corrected chi connectivity index (χ3v) is 5.00. The van der Waals surface area contributed by atoms with E-state index in [0.717, 1.165) is 25.0 Å². The van der Waals surface area contributed by atoms with Crippen LogP contribution in [0.1, 0.15) is 24.1 Å². The van der Waals surface area contributed by atoms with Gasteiger partial charge in [0.25, 0.3) is 0 Å². The third kappa shape index (κ3) is 4.74. The lowest BCUT2D eigenvalue weighted by Gasteiger charge is -2.18. The quantitative estimate of drug-likeness (QED) is 0.487. The number of alkyl halides is 3. The molecule has 2 aromatic rings. The van der Waals surface area contributed by atoms with Crippen LogP contribution in [0.3, 0.4) is 0 Å². The average molecular weight is 442 g/mol. The van der Waals surface area contributed by atoms with E-state index >= 15 is 0 Å². The highest BCUT2D eigenvalue weighted by atomic mass is 19.4. The Bertz CT molecular complexity index is 1130. The minimum Gasteiger partial charge on any atom is -0.497 e. The number of anilines is 3. The molecule has 1 aromatic heterocycles. The lowest BCUT2D eigenvalue weighted by atomic mass is 9.99. The summed E-state index contributed by atoms with van der Waals surface area (Å²) in [7, 11) is 1.56. The monoisotopic (exact) mass is 442 g/mol. The highest BCUT2D eigenvalue weighted by Gasteiger charge is 2.32. The second-order valence-corrected chi connectivity index (χ2v) is 7.41. The molecule has 10 heteroatoms. The maximum absolute atomic E-state index is 12.8. The van der Waals surface area contributed by atoms with Gasteiger partial charge < -0.3 is 26.5 Å². The fourth-order valence-electron chi connectivity index (χ4n) is 3.24. The number of halogens is 3. The number of rotatable bonds is 6. The van der Waals surface area contributed by atoms with Gasteiger partial charge in [-0.3, -0.25) is 0 Å². The Morgan fingerprint density at radius 2 is 1.94 bits per heavy atom. The van der Waals surface area contributed by atoms with Gasteiger partial charge in [0, 0.05) is 41.2 Å². The first-order chi connectivity index (χ1) is 15.2. The molecule has 0 radical (unpaired) electrons. The number of nitrogens with one attached hydrogen (secondary N) is 3. The highest BCUT2D eigenvalue weighted by Crippen LogP contribution is 2.37. The van der Waals surface area contributed by atoms with Gasteiger partial charge in [-0.1, -0.05) is 0 Å². The number of hydrogen-bond donors (Lipinski definition) is 4. The normalized spacial score (nSPS) is 17.3. The van der Waals surface area contributed by atoms with Gasteiger partial charge in [-0.05, 0) is 43.2 Å². The van der Waals surface area contributed by atoms with Crippen LogP contribution in [0.5, 0.6) is 0 Å². The summed E-state index contributed by atoms with van der Waals surface area (Å²) < 4.78 is 43.7. The molecule has 0 unspecified atom stereocenters. The van der Waals surface area contributed by atoms with Crippen LogP contribution >= 0.6 is 0 Å². The number of methoxy groups -OCH3 is 1. The molecule has 0 amide bonds. The molecule has 2 heterocycles. The van der Waals surface area contributed by atoms with Gasteiger partial charge in [0.15, 0.2) is 0 Å². The van der Waals surface area contributed by atoms with E-state index in [0.29, 0.717) is 34.1 Å². The molecule has 7 nitrogen and oxygen atoms in total. The fraction of sp³-hybridized carbons (Fsp3) is 0.227. The Hall–Kier alpha value is -3.82. The molecule has 166 valence electrons. The minimum atomic E-state index is -4.42. The van der Waals surface area contributed by atoms with Crippen LogP contribution < -0.4 is 16.4 Å². The number of dihydropyridines is 1. The van der Waals surface area contributed by atoms with Crippen molar-refractivity contribution in [1.82, 2.24) is 15.3 Å². The summed E-state index contributed by atoms with van der Waals surface area (Å²) in [5.74, 6) is 1.02. The van der Waals surface area contributed by atoms with Crippen LogP contribution in [0, 0.1) is 11.3 Å². The molecule has 2 aliphatic rings. The van der Waals surface area contributed by atoms with Crippen LogP contribution in [-0.4, -0.2) is 22.8 Å². The zero-order chi connectivity index (χ0) is 22.9. The number of nitrogen functional groups attached to an aromatic ring is 1. The molecule has 1 saturated carbocycles. The maximum Gasteiger partial charge on any atom is 0.416 e. The summed E-state index contributed by atoms with van der Waals surface area (Å²) in [5, 5.41) is 14.7. The van der Waals surface area contributed by atoms with E-state index in [1.165, 1.54) is 12.1 Å². The van der Waals surface area contributed by atoms with Crippen molar-refractivity contribution in [3.8, 4) is 0 Å². The summed E-state index contributed by atoms with van der Waals surface area (Å²) in [6.07, 6.45) is 2.66. The molecular formula is C22H21F3N6O. The molecule has 0 bridgehead atoms. The molecule has 1 aromatic carbocycles. The predicted molar refractivity (Wildman–Crippen MR) is 116 cm³/mol. The van der Waals surface area contributed by atoms with Crippen molar-refractivity contribution in [2.24, 2.45) is 5.92 Å². The van der Waals surface area contributed by atoms with Gasteiger partial charge in [0.05, 0.1) is 24.1 Å². The Balaban J connectivity index is 1.70. The second-order valence-electron chi connectivity index (χ2n) is 7.41. The molecule has 5 N–H and O–H groups in total. The Morgan fingerprint density at radius 1 is 1.22 bits per heavy atom. The number of aromatic nitrogens is 2. The van der Waals surface area contributed by atoms with Crippen molar-refractivity contribution in [3.63, 3.8) is 0 Å². The summed E-state index contributed by atoms with van der Waals surface area (Å²) in [4.78, 5) is 8.64. The van der Waals surface area contributed by atoms with Crippen molar-refractivity contribution >= 4 is 28.7 Å². The van der Waals surface area contributed by atoms with Crippen LogP contribution in [0.4, 0.5) is 30.6 Å². The maximum atomic E-state index is 12.8. The Morgan fingerprint density at radius 3 is 2.56 bits per heavy atom. The second kappa shape index (κ2) is 8.37. The molecule has 32 heavy (non-hydrogen) atoms. The molecule has 1 aliphatic heterocycles. The van der Waals surface area contributed by atoms with Gasteiger partial charge in [-0.15, -0.1) is 0 Å². The average Bonchev–Trinajstić information content (AvgIpc) is 3.59. The number of hydrogen-bond acceptors (Lipinski definition) is 7. The molecule has 0 spiro atoms.